The molecule has 2 N–H and O–H groups in total. The summed E-state index contributed by atoms with van der Waals surface area (Å²) in [5.74, 6) is 1.55. The molecule has 1 amide bonds. The molecule has 1 aromatic rings. The van der Waals surface area contributed by atoms with Crippen LogP contribution in [0.1, 0.15) is 24.6 Å². The highest BCUT2D eigenvalue weighted by molar-refractivity contribution is 5.76. The highest BCUT2D eigenvalue weighted by Gasteiger charge is 2.18. The molecule has 16 heavy (non-hydrogen) atoms. The molecule has 88 valence electrons. The van der Waals surface area contributed by atoms with E-state index in [9.17, 15) is 4.79 Å². The van der Waals surface area contributed by atoms with Gasteiger partial charge in [0.2, 0.25) is 11.8 Å². The quantitative estimate of drug-likeness (QED) is 0.752. The van der Waals surface area contributed by atoms with E-state index in [1.165, 1.54) is 0 Å². The normalized spacial score (nSPS) is 19.9. The van der Waals surface area contributed by atoms with Gasteiger partial charge in [-0.2, -0.15) is 4.98 Å². The Balaban J connectivity index is 1.71. The van der Waals surface area contributed by atoms with Crippen LogP contribution < -0.4 is 10.6 Å². The minimum atomic E-state index is 0.0459. The monoisotopic (exact) mass is 224 g/mol. The molecule has 0 saturated carbocycles. The number of aryl methyl sites for hydroxylation is 1. The van der Waals surface area contributed by atoms with Crippen LogP contribution >= 0.6 is 0 Å². The summed E-state index contributed by atoms with van der Waals surface area (Å²) in [6.07, 6.45) is 1.65. The predicted octanol–water partition coefficient (Wildman–Crippen LogP) is -0.00618. The number of amides is 1. The molecule has 0 aromatic carbocycles. The van der Waals surface area contributed by atoms with Gasteiger partial charge in [-0.1, -0.05) is 5.16 Å². The summed E-state index contributed by atoms with van der Waals surface area (Å²) in [5.41, 5.74) is 0. The molecule has 2 rings (SSSR count). The van der Waals surface area contributed by atoms with Gasteiger partial charge in [-0.15, -0.1) is 0 Å². The van der Waals surface area contributed by atoms with Crippen molar-refractivity contribution in [2.75, 3.05) is 13.1 Å². The van der Waals surface area contributed by atoms with E-state index >= 15 is 0 Å². The number of carbonyl (C=O) groups is 1. The summed E-state index contributed by atoms with van der Waals surface area (Å²) < 4.78 is 4.90. The van der Waals surface area contributed by atoms with Crippen molar-refractivity contribution in [1.29, 1.82) is 0 Å². The maximum absolute atomic E-state index is 11.6. The van der Waals surface area contributed by atoms with Crippen LogP contribution in [0.2, 0.25) is 0 Å². The third kappa shape index (κ3) is 3.03. The van der Waals surface area contributed by atoms with E-state index in [1.54, 1.807) is 6.92 Å². The van der Waals surface area contributed by atoms with E-state index in [-0.39, 0.29) is 5.91 Å². The number of hydrogen-bond donors (Lipinski definition) is 2. The third-order valence-corrected chi connectivity index (χ3v) is 2.64. The van der Waals surface area contributed by atoms with Crippen LogP contribution in [0.4, 0.5) is 0 Å². The van der Waals surface area contributed by atoms with E-state index in [0.717, 1.165) is 19.5 Å². The molecule has 0 aliphatic carbocycles. The van der Waals surface area contributed by atoms with E-state index in [2.05, 4.69) is 20.8 Å². The fourth-order valence-electron chi connectivity index (χ4n) is 1.81. The molecule has 6 nitrogen and oxygen atoms in total. The Morgan fingerprint density at radius 1 is 1.69 bits per heavy atom. The lowest BCUT2D eigenvalue weighted by atomic mass is 10.0. The van der Waals surface area contributed by atoms with Crippen LogP contribution in [-0.2, 0) is 11.3 Å². The highest BCUT2D eigenvalue weighted by Crippen LogP contribution is 2.11. The lowest BCUT2D eigenvalue weighted by Gasteiger charge is -2.07. The van der Waals surface area contributed by atoms with Crippen LogP contribution in [0.15, 0.2) is 4.52 Å². The fraction of sp³-hybridized carbons (Fsp3) is 0.700. The van der Waals surface area contributed by atoms with Crippen molar-refractivity contribution in [1.82, 2.24) is 20.8 Å². The van der Waals surface area contributed by atoms with Gasteiger partial charge in [-0.05, 0) is 32.4 Å². The zero-order chi connectivity index (χ0) is 11.4. The molecule has 0 spiro atoms. The first-order valence-corrected chi connectivity index (χ1v) is 5.50. The molecule has 1 saturated heterocycles. The van der Waals surface area contributed by atoms with Crippen molar-refractivity contribution >= 4 is 5.91 Å². The third-order valence-electron chi connectivity index (χ3n) is 2.64. The van der Waals surface area contributed by atoms with Gasteiger partial charge < -0.3 is 15.2 Å². The number of carbonyl (C=O) groups excluding carboxylic acids is 1. The van der Waals surface area contributed by atoms with Gasteiger partial charge in [-0.3, -0.25) is 4.79 Å². The maximum Gasteiger partial charge on any atom is 0.246 e. The second-order valence-corrected chi connectivity index (χ2v) is 4.08. The van der Waals surface area contributed by atoms with E-state index in [4.69, 9.17) is 4.52 Å². The van der Waals surface area contributed by atoms with Gasteiger partial charge in [0.25, 0.3) is 0 Å². The smallest absolute Gasteiger partial charge is 0.246 e. The molecule has 1 aromatic heterocycles. The Morgan fingerprint density at radius 3 is 3.19 bits per heavy atom. The van der Waals surface area contributed by atoms with E-state index in [0.29, 0.717) is 30.6 Å². The average molecular weight is 224 g/mol. The number of nitrogens with one attached hydrogen (secondary N) is 2. The lowest BCUT2D eigenvalue weighted by Crippen LogP contribution is -2.26. The van der Waals surface area contributed by atoms with Gasteiger partial charge in [0.15, 0.2) is 5.82 Å². The topological polar surface area (TPSA) is 80.0 Å². The van der Waals surface area contributed by atoms with Crippen LogP contribution in [-0.4, -0.2) is 29.1 Å². The van der Waals surface area contributed by atoms with Crippen molar-refractivity contribution in [2.24, 2.45) is 5.92 Å². The summed E-state index contributed by atoms with van der Waals surface area (Å²) in [6, 6.07) is 0. The SMILES string of the molecule is Cc1noc(CNC(=O)CC2CCNC2)n1. The molecular formula is C10H16N4O2. The Hall–Kier alpha value is -1.43. The summed E-state index contributed by atoms with van der Waals surface area (Å²) in [5, 5.41) is 9.66. The minimum absolute atomic E-state index is 0.0459. The summed E-state index contributed by atoms with van der Waals surface area (Å²) >= 11 is 0. The second kappa shape index (κ2) is 5.07. The van der Waals surface area contributed by atoms with Crippen molar-refractivity contribution < 1.29 is 9.32 Å². The summed E-state index contributed by atoms with van der Waals surface area (Å²) in [4.78, 5) is 15.6. The van der Waals surface area contributed by atoms with Crippen molar-refractivity contribution in [3.05, 3.63) is 11.7 Å². The first-order valence-electron chi connectivity index (χ1n) is 5.50. The number of nitrogens with zero attached hydrogens (tertiary/aromatic N) is 2. The van der Waals surface area contributed by atoms with Crippen LogP contribution in [0, 0.1) is 12.8 Å². The van der Waals surface area contributed by atoms with Crippen molar-refractivity contribution in [3.63, 3.8) is 0 Å². The largest absolute Gasteiger partial charge is 0.347 e. The highest BCUT2D eigenvalue weighted by atomic mass is 16.5. The molecule has 1 aliphatic rings. The minimum Gasteiger partial charge on any atom is -0.347 e. The first-order chi connectivity index (χ1) is 7.74. The standard InChI is InChI=1S/C10H16N4O2/c1-7-13-10(16-14-7)6-12-9(15)4-8-2-3-11-5-8/h8,11H,2-6H2,1H3,(H,12,15). The van der Waals surface area contributed by atoms with Gasteiger partial charge in [0.05, 0.1) is 6.54 Å². The molecule has 1 unspecified atom stereocenters. The average Bonchev–Trinajstić information content (AvgIpc) is 2.87. The Morgan fingerprint density at radius 2 is 2.56 bits per heavy atom. The fourth-order valence-corrected chi connectivity index (χ4v) is 1.81. The van der Waals surface area contributed by atoms with Gasteiger partial charge in [-0.25, -0.2) is 0 Å². The van der Waals surface area contributed by atoms with Crippen molar-refractivity contribution in [3.8, 4) is 0 Å². The molecule has 0 bridgehead atoms. The molecular weight excluding hydrogens is 208 g/mol. The number of hydrogen-bond acceptors (Lipinski definition) is 5. The molecule has 1 aliphatic heterocycles. The maximum atomic E-state index is 11.6. The summed E-state index contributed by atoms with van der Waals surface area (Å²) in [7, 11) is 0. The number of aromatic nitrogens is 2. The van der Waals surface area contributed by atoms with E-state index < -0.39 is 0 Å². The predicted molar refractivity (Wildman–Crippen MR) is 56.5 cm³/mol. The zero-order valence-electron chi connectivity index (χ0n) is 9.32. The summed E-state index contributed by atoms with van der Waals surface area (Å²) in [6.45, 7) is 4.02. The van der Waals surface area contributed by atoms with E-state index in [1.807, 2.05) is 0 Å². The Kier molecular flexibility index (Phi) is 3.51. The Bertz CT molecular complexity index is 357. The van der Waals surface area contributed by atoms with Gasteiger partial charge >= 0.3 is 0 Å². The second-order valence-electron chi connectivity index (χ2n) is 4.08. The van der Waals surface area contributed by atoms with Gasteiger partial charge in [0, 0.05) is 6.42 Å². The molecule has 0 radical (unpaired) electrons. The Labute approximate surface area is 93.8 Å². The molecule has 1 fully saturated rings. The molecule has 1 atom stereocenters. The van der Waals surface area contributed by atoms with Crippen LogP contribution in [0.5, 0.6) is 0 Å². The number of rotatable bonds is 4. The van der Waals surface area contributed by atoms with Gasteiger partial charge in [0.1, 0.15) is 0 Å². The van der Waals surface area contributed by atoms with Crippen LogP contribution in [0.3, 0.4) is 0 Å². The molecule has 6 heteroatoms. The van der Waals surface area contributed by atoms with Crippen LogP contribution in [0.25, 0.3) is 0 Å². The zero-order valence-corrected chi connectivity index (χ0v) is 9.32. The lowest BCUT2D eigenvalue weighted by molar-refractivity contribution is -0.122. The molecule has 2 heterocycles. The van der Waals surface area contributed by atoms with Crippen molar-refractivity contribution in [2.45, 2.75) is 26.3 Å². The first kappa shape index (κ1) is 11.1.